The predicted octanol–water partition coefficient (Wildman–Crippen LogP) is 2.10. The number of benzene rings is 1. The lowest BCUT2D eigenvalue weighted by Crippen LogP contribution is -2.53. The minimum atomic E-state index is -1.11. The SMILES string of the molecule is CC(C)(NC(=O)c1cc(Cl)cc(Br)c1)C(N)=O. The van der Waals surface area contributed by atoms with Crippen LogP contribution in [-0.2, 0) is 4.79 Å². The quantitative estimate of drug-likeness (QED) is 0.895. The highest BCUT2D eigenvalue weighted by molar-refractivity contribution is 9.10. The molecular formula is C11H12BrClN2O2. The van der Waals surface area contributed by atoms with Gasteiger partial charge in [-0.15, -0.1) is 0 Å². The van der Waals surface area contributed by atoms with Gasteiger partial charge in [-0.05, 0) is 32.0 Å². The van der Waals surface area contributed by atoms with Crippen molar-refractivity contribution in [1.29, 1.82) is 0 Å². The average molecular weight is 320 g/mol. The van der Waals surface area contributed by atoms with Crippen molar-refractivity contribution in [2.45, 2.75) is 19.4 Å². The fourth-order valence-corrected chi connectivity index (χ4v) is 1.96. The second-order valence-electron chi connectivity index (χ2n) is 4.10. The van der Waals surface area contributed by atoms with E-state index >= 15 is 0 Å². The monoisotopic (exact) mass is 318 g/mol. The van der Waals surface area contributed by atoms with Gasteiger partial charge < -0.3 is 11.1 Å². The van der Waals surface area contributed by atoms with Crippen LogP contribution in [0.15, 0.2) is 22.7 Å². The molecule has 0 saturated carbocycles. The second kappa shape index (κ2) is 5.06. The standard InChI is InChI=1S/C11H12BrClN2O2/c1-11(2,10(14)17)15-9(16)6-3-7(12)5-8(13)4-6/h3-5H,1-2H3,(H2,14,17)(H,15,16). The molecule has 0 aliphatic carbocycles. The zero-order valence-electron chi connectivity index (χ0n) is 9.38. The Morgan fingerprint density at radius 1 is 1.35 bits per heavy atom. The van der Waals surface area contributed by atoms with E-state index in [1.54, 1.807) is 12.1 Å². The summed E-state index contributed by atoms with van der Waals surface area (Å²) in [6.07, 6.45) is 0. The first-order valence-electron chi connectivity index (χ1n) is 4.81. The number of nitrogens with one attached hydrogen (secondary N) is 1. The first kappa shape index (κ1) is 14.0. The molecule has 2 amide bonds. The summed E-state index contributed by atoms with van der Waals surface area (Å²) in [4.78, 5) is 23.0. The molecule has 0 aliphatic rings. The van der Waals surface area contributed by atoms with Crippen molar-refractivity contribution < 1.29 is 9.59 Å². The molecule has 0 heterocycles. The minimum absolute atomic E-state index is 0.360. The Hall–Kier alpha value is -1.07. The van der Waals surface area contributed by atoms with Crippen LogP contribution in [0.1, 0.15) is 24.2 Å². The van der Waals surface area contributed by atoms with Gasteiger partial charge in [0.2, 0.25) is 5.91 Å². The third kappa shape index (κ3) is 3.71. The third-order valence-electron chi connectivity index (χ3n) is 2.17. The Bertz CT molecular complexity index is 454. The molecule has 0 saturated heterocycles. The number of hydrogen-bond donors (Lipinski definition) is 2. The fourth-order valence-electron chi connectivity index (χ4n) is 1.10. The molecule has 0 fully saturated rings. The molecule has 0 spiro atoms. The van der Waals surface area contributed by atoms with E-state index in [1.807, 2.05) is 0 Å². The summed E-state index contributed by atoms with van der Waals surface area (Å²) in [5, 5.41) is 2.97. The maximum absolute atomic E-state index is 11.9. The van der Waals surface area contributed by atoms with Crippen LogP contribution in [0.2, 0.25) is 5.02 Å². The van der Waals surface area contributed by atoms with Crippen molar-refractivity contribution in [1.82, 2.24) is 5.32 Å². The molecule has 6 heteroatoms. The Morgan fingerprint density at radius 2 is 1.94 bits per heavy atom. The van der Waals surface area contributed by atoms with Crippen molar-refractivity contribution in [3.05, 3.63) is 33.3 Å². The van der Waals surface area contributed by atoms with E-state index in [4.69, 9.17) is 17.3 Å². The van der Waals surface area contributed by atoms with Crippen LogP contribution in [0, 0.1) is 0 Å². The van der Waals surface area contributed by atoms with E-state index in [9.17, 15) is 9.59 Å². The van der Waals surface area contributed by atoms with E-state index < -0.39 is 17.4 Å². The summed E-state index contributed by atoms with van der Waals surface area (Å²) in [5.41, 5.74) is 4.42. The molecule has 1 rings (SSSR count). The molecule has 1 aromatic rings. The van der Waals surface area contributed by atoms with Crippen molar-refractivity contribution in [3.63, 3.8) is 0 Å². The van der Waals surface area contributed by atoms with Gasteiger partial charge in [0.05, 0.1) is 0 Å². The van der Waals surface area contributed by atoms with Gasteiger partial charge >= 0.3 is 0 Å². The molecule has 0 unspecified atom stereocenters. The maximum atomic E-state index is 11.9. The topological polar surface area (TPSA) is 72.2 Å². The molecule has 92 valence electrons. The molecular weight excluding hydrogens is 307 g/mol. The Labute approximate surface area is 113 Å². The van der Waals surface area contributed by atoms with E-state index in [0.29, 0.717) is 15.1 Å². The molecule has 3 N–H and O–H groups in total. The highest BCUT2D eigenvalue weighted by atomic mass is 79.9. The number of halogens is 2. The first-order chi connectivity index (χ1) is 7.72. The lowest BCUT2D eigenvalue weighted by Gasteiger charge is -2.22. The lowest BCUT2D eigenvalue weighted by atomic mass is 10.0. The largest absolute Gasteiger partial charge is 0.368 e. The van der Waals surface area contributed by atoms with Gasteiger partial charge in [-0.1, -0.05) is 27.5 Å². The van der Waals surface area contributed by atoms with Crippen molar-refractivity contribution in [2.24, 2.45) is 5.73 Å². The number of hydrogen-bond acceptors (Lipinski definition) is 2. The molecule has 0 aliphatic heterocycles. The van der Waals surface area contributed by atoms with Crippen molar-refractivity contribution >= 4 is 39.3 Å². The van der Waals surface area contributed by atoms with Crippen LogP contribution in [0.4, 0.5) is 0 Å². The molecule has 0 aromatic heterocycles. The second-order valence-corrected chi connectivity index (χ2v) is 5.45. The Kier molecular flexibility index (Phi) is 4.16. The summed E-state index contributed by atoms with van der Waals surface area (Å²) in [5.74, 6) is -1.01. The van der Waals surface area contributed by atoms with E-state index in [1.165, 1.54) is 19.9 Å². The Morgan fingerprint density at radius 3 is 2.41 bits per heavy atom. The van der Waals surface area contributed by atoms with Crippen LogP contribution in [0.5, 0.6) is 0 Å². The molecule has 0 atom stereocenters. The average Bonchev–Trinajstić information content (AvgIpc) is 2.15. The van der Waals surface area contributed by atoms with Gasteiger partial charge in [-0.3, -0.25) is 9.59 Å². The van der Waals surface area contributed by atoms with Crippen LogP contribution >= 0.6 is 27.5 Å². The van der Waals surface area contributed by atoms with Gasteiger partial charge in [0.15, 0.2) is 0 Å². The summed E-state index contributed by atoms with van der Waals surface area (Å²) in [6.45, 7) is 3.07. The highest BCUT2D eigenvalue weighted by Crippen LogP contribution is 2.20. The van der Waals surface area contributed by atoms with Crippen LogP contribution in [0.25, 0.3) is 0 Å². The van der Waals surface area contributed by atoms with E-state index in [2.05, 4.69) is 21.2 Å². The Balaban J connectivity index is 2.94. The van der Waals surface area contributed by atoms with Gasteiger partial charge in [0.1, 0.15) is 5.54 Å². The summed E-state index contributed by atoms with van der Waals surface area (Å²) in [6, 6.07) is 4.79. The van der Waals surface area contributed by atoms with E-state index in [0.717, 1.165) is 0 Å². The fraction of sp³-hybridized carbons (Fsp3) is 0.273. The van der Waals surface area contributed by atoms with Crippen LogP contribution in [-0.4, -0.2) is 17.4 Å². The smallest absolute Gasteiger partial charge is 0.252 e. The normalized spacial score (nSPS) is 11.1. The highest BCUT2D eigenvalue weighted by Gasteiger charge is 2.27. The van der Waals surface area contributed by atoms with Crippen LogP contribution in [0.3, 0.4) is 0 Å². The maximum Gasteiger partial charge on any atom is 0.252 e. The number of amides is 2. The van der Waals surface area contributed by atoms with Crippen molar-refractivity contribution in [3.8, 4) is 0 Å². The zero-order chi connectivity index (χ0) is 13.2. The number of carbonyl (C=O) groups is 2. The number of primary amides is 1. The van der Waals surface area contributed by atoms with Crippen LogP contribution < -0.4 is 11.1 Å². The minimum Gasteiger partial charge on any atom is -0.368 e. The summed E-state index contributed by atoms with van der Waals surface area (Å²) < 4.78 is 0.687. The van der Waals surface area contributed by atoms with E-state index in [-0.39, 0.29) is 0 Å². The van der Waals surface area contributed by atoms with Gasteiger partial charge in [-0.25, -0.2) is 0 Å². The third-order valence-corrected chi connectivity index (χ3v) is 2.84. The van der Waals surface area contributed by atoms with Crippen molar-refractivity contribution in [2.75, 3.05) is 0 Å². The molecule has 0 bridgehead atoms. The molecule has 4 nitrogen and oxygen atoms in total. The number of carbonyl (C=O) groups excluding carboxylic acids is 2. The summed E-state index contributed by atoms with van der Waals surface area (Å²) in [7, 11) is 0. The first-order valence-corrected chi connectivity index (χ1v) is 5.98. The number of nitrogens with two attached hydrogens (primary N) is 1. The van der Waals surface area contributed by atoms with Gasteiger partial charge in [-0.2, -0.15) is 0 Å². The predicted molar refractivity (Wildman–Crippen MR) is 69.9 cm³/mol. The zero-order valence-corrected chi connectivity index (χ0v) is 11.7. The molecule has 1 aromatic carbocycles. The number of rotatable bonds is 3. The van der Waals surface area contributed by atoms with Gasteiger partial charge in [0, 0.05) is 15.1 Å². The molecule has 0 radical (unpaired) electrons. The van der Waals surface area contributed by atoms with Gasteiger partial charge in [0.25, 0.3) is 5.91 Å². The lowest BCUT2D eigenvalue weighted by molar-refractivity contribution is -0.122. The summed E-state index contributed by atoms with van der Waals surface area (Å²) >= 11 is 9.06. The molecule has 17 heavy (non-hydrogen) atoms.